The second-order valence-electron chi connectivity index (χ2n) is 5.79. The first-order valence-electron chi connectivity index (χ1n) is 7.85. The number of carbonyl (C=O) groups excluding carboxylic acids is 1. The molecular weight excluding hydrogens is 340 g/mol. The summed E-state index contributed by atoms with van der Waals surface area (Å²) < 4.78 is 29.2. The fraction of sp³-hybridized carbons (Fsp3) is 0.0556. The van der Waals surface area contributed by atoms with Crippen molar-refractivity contribution in [2.24, 2.45) is 0 Å². The third-order valence-electron chi connectivity index (χ3n) is 3.90. The van der Waals surface area contributed by atoms with Gasteiger partial charge in [0.15, 0.2) is 5.52 Å². The molecule has 2 aromatic heterocycles. The van der Waals surface area contributed by atoms with E-state index >= 15 is 0 Å². The Morgan fingerprint density at radius 3 is 2.58 bits per heavy atom. The number of anilines is 1. The minimum Gasteiger partial charge on any atom is -0.258 e. The first-order chi connectivity index (χ1) is 12.5. The van der Waals surface area contributed by atoms with E-state index in [0.29, 0.717) is 11.8 Å². The normalized spacial score (nSPS) is 11.0. The van der Waals surface area contributed by atoms with Gasteiger partial charge in [-0.3, -0.25) is 20.2 Å². The number of nitrogens with zero attached hydrogens (tertiary/aromatic N) is 2. The van der Waals surface area contributed by atoms with Crippen molar-refractivity contribution in [3.63, 3.8) is 0 Å². The highest BCUT2D eigenvalue weighted by Crippen LogP contribution is 2.16. The maximum atomic E-state index is 13.8. The van der Waals surface area contributed by atoms with Crippen LogP contribution < -0.4 is 10.00 Å². The molecule has 0 saturated heterocycles. The van der Waals surface area contributed by atoms with Gasteiger partial charge in [0.1, 0.15) is 22.7 Å². The number of hydrogen-bond donors (Lipinski definition) is 3. The quantitative estimate of drug-likeness (QED) is 0.495. The number of benzene rings is 2. The molecule has 0 bridgehead atoms. The second kappa shape index (κ2) is 6.07. The van der Waals surface area contributed by atoms with Crippen LogP contribution in [0.4, 0.5) is 14.6 Å². The van der Waals surface area contributed by atoms with E-state index < -0.39 is 23.1 Å². The zero-order chi connectivity index (χ0) is 18.3. The van der Waals surface area contributed by atoms with Gasteiger partial charge in [0.25, 0.3) is 0 Å². The first-order valence-corrected chi connectivity index (χ1v) is 7.85. The van der Waals surface area contributed by atoms with Gasteiger partial charge >= 0.3 is 11.9 Å². The standard InChI is InChI=1S/C18H13F2N5O/c1-10-9-15(23-17(26)16-11(19)5-4-6-12(16)20)25(24-10)18-21-13-7-2-3-8-14(13)22-18/h2-9H,1H3,(H2,21,22,23,24,26)/p+1. The van der Waals surface area contributed by atoms with Gasteiger partial charge in [0.2, 0.25) is 5.82 Å². The lowest BCUT2D eigenvalue weighted by Crippen LogP contribution is -2.38. The molecule has 6 nitrogen and oxygen atoms in total. The lowest BCUT2D eigenvalue weighted by Gasteiger charge is -2.04. The third-order valence-corrected chi connectivity index (χ3v) is 3.90. The average Bonchev–Trinajstić information content (AvgIpc) is 3.17. The molecule has 0 atom stereocenters. The molecule has 0 spiro atoms. The van der Waals surface area contributed by atoms with Crippen molar-refractivity contribution in [3.8, 4) is 5.95 Å². The maximum Gasteiger partial charge on any atom is 0.374 e. The van der Waals surface area contributed by atoms with Gasteiger partial charge in [-0.15, -0.1) is 9.67 Å². The van der Waals surface area contributed by atoms with Crippen molar-refractivity contribution in [2.45, 2.75) is 6.92 Å². The number of amides is 1. The van der Waals surface area contributed by atoms with Gasteiger partial charge < -0.3 is 0 Å². The summed E-state index contributed by atoms with van der Waals surface area (Å²) >= 11 is 0. The average molecular weight is 354 g/mol. The van der Waals surface area contributed by atoms with Crippen LogP contribution in [-0.4, -0.2) is 21.0 Å². The Morgan fingerprint density at radius 2 is 1.85 bits per heavy atom. The maximum absolute atomic E-state index is 13.8. The molecule has 0 saturated carbocycles. The summed E-state index contributed by atoms with van der Waals surface area (Å²) in [7, 11) is 0. The van der Waals surface area contributed by atoms with E-state index in [0.717, 1.165) is 28.9 Å². The first kappa shape index (κ1) is 15.9. The van der Waals surface area contributed by atoms with Gasteiger partial charge in [0, 0.05) is 11.8 Å². The van der Waals surface area contributed by atoms with Crippen LogP contribution in [0.3, 0.4) is 0 Å². The van der Waals surface area contributed by atoms with Gasteiger partial charge in [-0.1, -0.05) is 18.2 Å². The van der Waals surface area contributed by atoms with E-state index in [1.54, 1.807) is 13.0 Å². The Kier molecular flexibility index (Phi) is 3.72. The number of fused-ring (bicyclic) bond motifs is 1. The van der Waals surface area contributed by atoms with Crippen LogP contribution >= 0.6 is 0 Å². The topological polar surface area (TPSA) is 77.5 Å². The minimum absolute atomic E-state index is 0.300. The lowest BCUT2D eigenvalue weighted by atomic mass is 10.2. The van der Waals surface area contributed by atoms with Gasteiger partial charge in [-0.05, 0) is 31.2 Å². The third kappa shape index (κ3) is 2.71. The Balaban J connectivity index is 1.73. The van der Waals surface area contributed by atoms with E-state index in [1.807, 2.05) is 24.3 Å². The van der Waals surface area contributed by atoms with Crippen LogP contribution in [0.5, 0.6) is 0 Å². The summed E-state index contributed by atoms with van der Waals surface area (Å²) in [4.78, 5) is 19.9. The summed E-state index contributed by atoms with van der Waals surface area (Å²) in [5.74, 6) is -2.00. The van der Waals surface area contributed by atoms with Crippen molar-refractivity contribution >= 4 is 22.8 Å². The van der Waals surface area contributed by atoms with Gasteiger partial charge in [0.05, 0.1) is 0 Å². The van der Waals surface area contributed by atoms with Gasteiger partial charge in [-0.2, -0.15) is 0 Å². The highest BCUT2D eigenvalue weighted by molar-refractivity contribution is 6.03. The fourth-order valence-electron chi connectivity index (χ4n) is 2.74. The molecule has 1 amide bonds. The molecule has 0 aliphatic carbocycles. The molecule has 0 aliphatic rings. The molecule has 2 heterocycles. The Morgan fingerprint density at radius 1 is 1.12 bits per heavy atom. The SMILES string of the molecule is Cc1cc(NC(=O)c2c(F)cccc2F)[n+](-c2nc3ccccc3[nH]2)[nH]1. The molecule has 0 radical (unpaired) electrons. The molecular formula is C18H14F2N5O+. The van der Waals surface area contributed by atoms with Crippen LogP contribution in [-0.2, 0) is 0 Å². The zero-order valence-corrected chi connectivity index (χ0v) is 13.7. The molecule has 2 aromatic carbocycles. The van der Waals surface area contributed by atoms with Crippen LogP contribution in [0.25, 0.3) is 17.0 Å². The second-order valence-corrected chi connectivity index (χ2v) is 5.79. The van der Waals surface area contributed by atoms with E-state index in [-0.39, 0.29) is 0 Å². The van der Waals surface area contributed by atoms with Crippen molar-refractivity contribution in [2.75, 3.05) is 5.32 Å². The number of imidazole rings is 1. The van der Waals surface area contributed by atoms with E-state index in [1.165, 1.54) is 10.7 Å². The summed E-state index contributed by atoms with van der Waals surface area (Å²) in [6.45, 7) is 1.79. The summed E-state index contributed by atoms with van der Waals surface area (Å²) in [5, 5.41) is 5.55. The molecule has 4 rings (SSSR count). The molecule has 8 heteroatoms. The number of rotatable bonds is 3. The number of aromatic amines is 2. The van der Waals surface area contributed by atoms with Crippen molar-refractivity contribution < 1.29 is 18.3 Å². The van der Waals surface area contributed by atoms with Crippen LogP contribution in [0.2, 0.25) is 0 Å². The molecule has 130 valence electrons. The monoisotopic (exact) mass is 354 g/mol. The summed E-state index contributed by atoms with van der Waals surface area (Å²) in [6.07, 6.45) is 0. The smallest absolute Gasteiger partial charge is 0.258 e. The van der Waals surface area contributed by atoms with Crippen molar-refractivity contribution in [3.05, 3.63) is 71.4 Å². The van der Waals surface area contributed by atoms with E-state index in [2.05, 4.69) is 20.4 Å². The lowest BCUT2D eigenvalue weighted by molar-refractivity contribution is -0.648. The number of aryl methyl sites for hydroxylation is 1. The number of para-hydroxylation sites is 2. The predicted molar refractivity (Wildman–Crippen MR) is 91.0 cm³/mol. The number of H-pyrrole nitrogens is 2. The molecule has 0 fully saturated rings. The van der Waals surface area contributed by atoms with Crippen molar-refractivity contribution in [1.82, 2.24) is 15.1 Å². The minimum atomic E-state index is -0.926. The van der Waals surface area contributed by atoms with Crippen molar-refractivity contribution in [1.29, 1.82) is 0 Å². The molecule has 4 aromatic rings. The molecule has 26 heavy (non-hydrogen) atoms. The molecule has 0 unspecified atom stereocenters. The van der Waals surface area contributed by atoms with Crippen LogP contribution in [0.15, 0.2) is 48.5 Å². The number of aromatic nitrogens is 4. The largest absolute Gasteiger partial charge is 0.374 e. The summed E-state index contributed by atoms with van der Waals surface area (Å²) in [6, 6.07) is 12.4. The van der Waals surface area contributed by atoms with E-state index in [4.69, 9.17) is 0 Å². The van der Waals surface area contributed by atoms with E-state index in [9.17, 15) is 13.6 Å². The number of halogens is 2. The molecule has 0 aliphatic heterocycles. The number of hydrogen-bond acceptors (Lipinski definition) is 2. The zero-order valence-electron chi connectivity index (χ0n) is 13.7. The van der Waals surface area contributed by atoms with Crippen LogP contribution in [0.1, 0.15) is 16.1 Å². The molecule has 3 N–H and O–H groups in total. The Bertz CT molecular complexity index is 1080. The highest BCUT2D eigenvalue weighted by atomic mass is 19.1. The number of nitrogens with one attached hydrogen (secondary N) is 3. The Labute approximate surface area is 146 Å². The van der Waals surface area contributed by atoms with Gasteiger partial charge in [-0.25, -0.2) is 8.78 Å². The summed E-state index contributed by atoms with van der Waals surface area (Å²) in [5.41, 5.74) is 1.66. The fourth-order valence-corrected chi connectivity index (χ4v) is 2.74. The Hall–Kier alpha value is -3.55. The highest BCUT2D eigenvalue weighted by Gasteiger charge is 2.24. The predicted octanol–water partition coefficient (Wildman–Crippen LogP) is 3.01. The van der Waals surface area contributed by atoms with Crippen LogP contribution in [0, 0.1) is 18.6 Å². The number of carbonyl (C=O) groups is 1.